The van der Waals surface area contributed by atoms with Crippen molar-refractivity contribution in [2.75, 3.05) is 19.8 Å². The second kappa shape index (κ2) is 9.73. The quantitative estimate of drug-likeness (QED) is 0.489. The Bertz CT molecular complexity index is 1050. The van der Waals surface area contributed by atoms with Crippen molar-refractivity contribution in [1.82, 2.24) is 14.9 Å². The summed E-state index contributed by atoms with van der Waals surface area (Å²) >= 11 is 0. The Morgan fingerprint density at radius 3 is 2.57 bits per heavy atom. The maximum absolute atomic E-state index is 12.8. The summed E-state index contributed by atoms with van der Waals surface area (Å²) in [5, 5.41) is 8.00. The summed E-state index contributed by atoms with van der Waals surface area (Å²) in [6.45, 7) is 6.37. The minimum atomic E-state index is -3.76. The molecule has 2 aromatic heterocycles. The van der Waals surface area contributed by atoms with Crippen molar-refractivity contribution in [3.63, 3.8) is 0 Å². The van der Waals surface area contributed by atoms with Crippen LogP contribution >= 0.6 is 0 Å². The van der Waals surface area contributed by atoms with Crippen LogP contribution in [0.2, 0.25) is 0 Å². The molecule has 8 nitrogen and oxygen atoms in total. The molecule has 2 heterocycles. The summed E-state index contributed by atoms with van der Waals surface area (Å²) in [5.41, 5.74) is 1.50. The zero-order chi connectivity index (χ0) is 21.6. The van der Waals surface area contributed by atoms with Crippen LogP contribution < -0.4 is 14.2 Å². The van der Waals surface area contributed by atoms with Crippen LogP contribution in [0.5, 0.6) is 11.6 Å². The molecule has 0 atom stereocenters. The lowest BCUT2D eigenvalue weighted by Gasteiger charge is -2.15. The predicted molar refractivity (Wildman–Crippen MR) is 112 cm³/mol. The number of sulfonamides is 1. The number of nitrogens with one attached hydrogen (secondary N) is 1. The second-order valence-corrected chi connectivity index (χ2v) is 8.51. The summed E-state index contributed by atoms with van der Waals surface area (Å²) in [5.74, 6) is 1.42. The lowest BCUT2D eigenvalue weighted by Crippen LogP contribution is -2.29. The van der Waals surface area contributed by atoms with Gasteiger partial charge in [0.25, 0.3) is 0 Å². The number of nitrogens with zero attached hydrogens (tertiary/aromatic N) is 2. The molecule has 1 aromatic carbocycles. The van der Waals surface area contributed by atoms with Crippen molar-refractivity contribution in [3.8, 4) is 23.1 Å². The van der Waals surface area contributed by atoms with Gasteiger partial charge in [0.05, 0.1) is 12.9 Å². The molecule has 0 aliphatic carbocycles. The van der Waals surface area contributed by atoms with Gasteiger partial charge >= 0.3 is 0 Å². The fourth-order valence-electron chi connectivity index (χ4n) is 2.73. The lowest BCUT2D eigenvalue weighted by molar-refractivity contribution is 0.306. The van der Waals surface area contributed by atoms with Gasteiger partial charge < -0.3 is 13.9 Å². The lowest BCUT2D eigenvalue weighted by atomic mass is 10.0. The van der Waals surface area contributed by atoms with Crippen LogP contribution in [0.1, 0.15) is 32.3 Å². The van der Waals surface area contributed by atoms with E-state index in [0.29, 0.717) is 29.7 Å². The van der Waals surface area contributed by atoms with Crippen LogP contribution in [0, 0.1) is 0 Å². The van der Waals surface area contributed by atoms with Crippen molar-refractivity contribution in [3.05, 3.63) is 54.3 Å². The average Bonchev–Trinajstić information content (AvgIpc) is 3.27. The molecule has 0 amide bonds. The zero-order valence-electron chi connectivity index (χ0n) is 17.2. The number of benzene rings is 1. The summed E-state index contributed by atoms with van der Waals surface area (Å²) in [6.07, 6.45) is 1.56. The Kier molecular flexibility index (Phi) is 7.07. The SMILES string of the molecule is CCOc1ccc(C(C)C)cc1S(=O)(=O)NCCOc1ccc(-c2ccco2)nn1. The standard InChI is InChI=1S/C21H25N3O5S/c1-4-27-19-9-7-16(15(2)3)14-20(19)30(25,26)22-11-13-29-21-10-8-17(23-24-21)18-6-5-12-28-18/h5-10,12,14-15,22H,4,11,13H2,1-3H3. The Morgan fingerprint density at radius 1 is 1.10 bits per heavy atom. The smallest absolute Gasteiger partial charge is 0.244 e. The van der Waals surface area contributed by atoms with Gasteiger partial charge in [0, 0.05) is 12.6 Å². The maximum Gasteiger partial charge on any atom is 0.244 e. The van der Waals surface area contributed by atoms with E-state index < -0.39 is 10.0 Å². The van der Waals surface area contributed by atoms with Crippen LogP contribution in [0.3, 0.4) is 0 Å². The Hall–Kier alpha value is -2.91. The first kappa shape index (κ1) is 21.8. The molecule has 0 aliphatic heterocycles. The van der Waals surface area contributed by atoms with Crippen LogP contribution in [0.25, 0.3) is 11.5 Å². The van der Waals surface area contributed by atoms with Gasteiger partial charge in [-0.1, -0.05) is 19.9 Å². The summed E-state index contributed by atoms with van der Waals surface area (Å²) in [4.78, 5) is 0.123. The van der Waals surface area contributed by atoms with Gasteiger partial charge in [0.2, 0.25) is 15.9 Å². The third kappa shape index (κ3) is 5.37. The number of aromatic nitrogens is 2. The Morgan fingerprint density at radius 2 is 1.93 bits per heavy atom. The van der Waals surface area contributed by atoms with Crippen LogP contribution in [-0.4, -0.2) is 38.4 Å². The number of hydrogen-bond donors (Lipinski definition) is 1. The number of furan rings is 1. The van der Waals surface area contributed by atoms with Crippen molar-refractivity contribution in [2.24, 2.45) is 0 Å². The zero-order valence-corrected chi connectivity index (χ0v) is 18.0. The highest BCUT2D eigenvalue weighted by Crippen LogP contribution is 2.28. The number of hydrogen-bond acceptors (Lipinski definition) is 7. The molecule has 0 saturated heterocycles. The number of ether oxygens (including phenoxy) is 2. The van der Waals surface area contributed by atoms with Gasteiger partial charge in [0.15, 0.2) is 5.76 Å². The van der Waals surface area contributed by atoms with E-state index in [2.05, 4.69) is 14.9 Å². The third-order valence-corrected chi connectivity index (χ3v) is 5.76. The van der Waals surface area contributed by atoms with E-state index >= 15 is 0 Å². The van der Waals surface area contributed by atoms with E-state index in [1.807, 2.05) is 26.8 Å². The molecule has 0 fully saturated rings. The molecule has 1 N–H and O–H groups in total. The summed E-state index contributed by atoms with van der Waals surface area (Å²) in [6, 6.07) is 12.1. The van der Waals surface area contributed by atoms with E-state index in [-0.39, 0.29) is 24.0 Å². The summed E-state index contributed by atoms with van der Waals surface area (Å²) < 4.78 is 44.4. The maximum atomic E-state index is 12.8. The highest BCUT2D eigenvalue weighted by molar-refractivity contribution is 7.89. The molecule has 0 unspecified atom stereocenters. The highest BCUT2D eigenvalue weighted by Gasteiger charge is 2.21. The fourth-order valence-corrected chi connectivity index (χ4v) is 3.92. The minimum absolute atomic E-state index is 0.0709. The monoisotopic (exact) mass is 431 g/mol. The molecule has 0 spiro atoms. The van der Waals surface area contributed by atoms with E-state index in [1.165, 1.54) is 0 Å². The van der Waals surface area contributed by atoms with Crippen molar-refractivity contribution in [2.45, 2.75) is 31.6 Å². The van der Waals surface area contributed by atoms with E-state index in [4.69, 9.17) is 13.9 Å². The van der Waals surface area contributed by atoms with Gasteiger partial charge in [-0.3, -0.25) is 0 Å². The molecule has 0 bridgehead atoms. The van der Waals surface area contributed by atoms with Crippen LogP contribution in [0.4, 0.5) is 0 Å². The van der Waals surface area contributed by atoms with Gasteiger partial charge in [-0.25, -0.2) is 13.1 Å². The van der Waals surface area contributed by atoms with Gasteiger partial charge in [-0.2, -0.15) is 0 Å². The van der Waals surface area contributed by atoms with Crippen LogP contribution in [0.15, 0.2) is 58.0 Å². The second-order valence-electron chi connectivity index (χ2n) is 6.77. The van der Waals surface area contributed by atoms with E-state index in [0.717, 1.165) is 5.56 Å². The normalized spacial score (nSPS) is 11.6. The van der Waals surface area contributed by atoms with Crippen LogP contribution in [-0.2, 0) is 10.0 Å². The molecule has 0 saturated carbocycles. The molecule has 30 heavy (non-hydrogen) atoms. The molecule has 160 valence electrons. The third-order valence-electron chi connectivity index (χ3n) is 4.28. The highest BCUT2D eigenvalue weighted by atomic mass is 32.2. The van der Waals surface area contributed by atoms with Gasteiger partial charge in [-0.05, 0) is 48.7 Å². The Labute approximate surface area is 176 Å². The average molecular weight is 432 g/mol. The topological polar surface area (TPSA) is 104 Å². The van der Waals surface area contributed by atoms with E-state index in [9.17, 15) is 8.42 Å². The first-order chi connectivity index (χ1) is 14.4. The van der Waals surface area contributed by atoms with Gasteiger partial charge in [-0.15, -0.1) is 10.2 Å². The molecular formula is C21H25N3O5S. The molecule has 0 radical (unpaired) electrons. The van der Waals surface area contributed by atoms with Gasteiger partial charge in [0.1, 0.15) is 22.9 Å². The van der Waals surface area contributed by atoms with Crippen molar-refractivity contribution >= 4 is 10.0 Å². The molecule has 3 rings (SSSR count). The largest absolute Gasteiger partial charge is 0.492 e. The minimum Gasteiger partial charge on any atom is -0.492 e. The van der Waals surface area contributed by atoms with Crippen molar-refractivity contribution in [1.29, 1.82) is 0 Å². The molecular weight excluding hydrogens is 406 g/mol. The molecule has 0 aliphatic rings. The summed E-state index contributed by atoms with van der Waals surface area (Å²) in [7, 11) is -3.76. The fraction of sp³-hybridized carbons (Fsp3) is 0.333. The van der Waals surface area contributed by atoms with Crippen molar-refractivity contribution < 1.29 is 22.3 Å². The molecule has 3 aromatic rings. The Balaban J connectivity index is 1.60. The first-order valence-corrected chi connectivity index (χ1v) is 11.2. The van der Waals surface area contributed by atoms with E-state index in [1.54, 1.807) is 42.7 Å². The number of rotatable bonds is 10. The predicted octanol–water partition coefficient (Wildman–Crippen LogP) is 3.62. The first-order valence-electron chi connectivity index (χ1n) is 9.67. The molecule has 9 heteroatoms.